The fourth-order valence-corrected chi connectivity index (χ4v) is 2.91. The van der Waals surface area contributed by atoms with E-state index in [2.05, 4.69) is 33.0 Å². The number of piperidine rings is 1. The Labute approximate surface area is 122 Å². The van der Waals surface area contributed by atoms with E-state index in [4.69, 9.17) is 9.78 Å². The second-order valence-electron chi connectivity index (χ2n) is 8.11. The van der Waals surface area contributed by atoms with Crippen molar-refractivity contribution in [1.29, 1.82) is 0 Å². The largest absolute Gasteiger partial charge is 0.441 e. The van der Waals surface area contributed by atoms with Gasteiger partial charge in [-0.05, 0) is 61.3 Å². The van der Waals surface area contributed by atoms with Crippen molar-refractivity contribution in [1.82, 2.24) is 10.2 Å². The Morgan fingerprint density at radius 3 is 2.00 bits per heavy atom. The van der Waals surface area contributed by atoms with Gasteiger partial charge in [-0.2, -0.15) is 4.89 Å². The first-order valence-corrected chi connectivity index (χ1v) is 7.23. The molecule has 0 aromatic rings. The maximum atomic E-state index is 12.1. The summed E-state index contributed by atoms with van der Waals surface area (Å²) in [7, 11) is 1.77. The van der Waals surface area contributed by atoms with E-state index in [1.54, 1.807) is 11.9 Å². The number of carbonyl (C=O) groups is 1. The Kier molecular flexibility index (Phi) is 4.76. The second-order valence-corrected chi connectivity index (χ2v) is 8.11. The molecule has 5 nitrogen and oxygen atoms in total. The lowest BCUT2D eigenvalue weighted by atomic mass is 9.79. The van der Waals surface area contributed by atoms with Crippen LogP contribution in [0.15, 0.2) is 0 Å². The molecule has 0 atom stereocenters. The molecule has 0 saturated carbocycles. The smallest absolute Gasteiger partial charge is 0.307 e. The van der Waals surface area contributed by atoms with Crippen molar-refractivity contribution in [2.24, 2.45) is 0 Å². The zero-order valence-corrected chi connectivity index (χ0v) is 14.2. The Morgan fingerprint density at radius 1 is 1.15 bits per heavy atom. The minimum atomic E-state index is -0.497. The minimum Gasteiger partial charge on any atom is -0.307 e. The summed E-state index contributed by atoms with van der Waals surface area (Å²) in [5.74, 6) is 0. The van der Waals surface area contributed by atoms with Crippen LogP contribution < -0.4 is 5.32 Å². The molecule has 1 aliphatic rings. The van der Waals surface area contributed by atoms with Crippen LogP contribution in [0.25, 0.3) is 0 Å². The third-order valence-electron chi connectivity index (χ3n) is 3.37. The van der Waals surface area contributed by atoms with Crippen molar-refractivity contribution < 1.29 is 14.6 Å². The zero-order valence-electron chi connectivity index (χ0n) is 14.2. The molecule has 0 aromatic heterocycles. The van der Waals surface area contributed by atoms with Gasteiger partial charge in [-0.25, -0.2) is 4.79 Å². The Bertz CT molecular complexity index is 343. The van der Waals surface area contributed by atoms with Crippen LogP contribution in [-0.4, -0.2) is 40.8 Å². The normalized spacial score (nSPS) is 22.4. The van der Waals surface area contributed by atoms with Gasteiger partial charge in [0.15, 0.2) is 0 Å². The zero-order chi connectivity index (χ0) is 15.8. The van der Waals surface area contributed by atoms with Crippen LogP contribution in [0.5, 0.6) is 0 Å². The summed E-state index contributed by atoms with van der Waals surface area (Å²) in [6, 6.07) is 0.136. The van der Waals surface area contributed by atoms with Gasteiger partial charge < -0.3 is 10.2 Å². The molecular formula is C15H30N2O3. The molecule has 1 aliphatic heterocycles. The molecule has 0 spiro atoms. The van der Waals surface area contributed by atoms with Crippen LogP contribution in [0.1, 0.15) is 61.3 Å². The standard InChI is InChI=1S/C15H30N2O3/c1-13(2,3)20-19-12(18)17(8)11-9-14(4,5)16-15(6,7)10-11/h11,16H,9-10H2,1-8H3. The number of carbonyl (C=O) groups excluding carboxylic acids is 1. The molecule has 5 heteroatoms. The molecule has 20 heavy (non-hydrogen) atoms. The fourth-order valence-electron chi connectivity index (χ4n) is 2.91. The van der Waals surface area contributed by atoms with Crippen molar-refractivity contribution >= 4 is 6.09 Å². The van der Waals surface area contributed by atoms with Crippen molar-refractivity contribution in [3.05, 3.63) is 0 Å². The first kappa shape index (κ1) is 17.2. The highest BCUT2D eigenvalue weighted by atomic mass is 17.2. The summed E-state index contributed by atoms with van der Waals surface area (Å²) >= 11 is 0. The Balaban J connectivity index is 2.66. The van der Waals surface area contributed by atoms with Crippen LogP contribution in [0, 0.1) is 0 Å². The van der Waals surface area contributed by atoms with Crippen molar-refractivity contribution in [3.8, 4) is 0 Å². The highest BCUT2D eigenvalue weighted by molar-refractivity contribution is 5.67. The van der Waals surface area contributed by atoms with E-state index in [9.17, 15) is 4.79 Å². The number of amides is 1. The lowest BCUT2D eigenvalue weighted by Gasteiger charge is -2.48. The predicted octanol–water partition coefficient (Wildman–Crippen LogP) is 3.09. The molecule has 1 fully saturated rings. The fraction of sp³-hybridized carbons (Fsp3) is 0.933. The van der Waals surface area contributed by atoms with Gasteiger partial charge in [0, 0.05) is 24.2 Å². The summed E-state index contributed by atoms with van der Waals surface area (Å²) in [4.78, 5) is 23.7. The van der Waals surface area contributed by atoms with Gasteiger partial charge in [-0.15, -0.1) is 0 Å². The lowest BCUT2D eigenvalue weighted by Crippen LogP contribution is -2.62. The molecule has 0 bridgehead atoms. The highest BCUT2D eigenvalue weighted by Crippen LogP contribution is 2.31. The van der Waals surface area contributed by atoms with E-state index >= 15 is 0 Å². The van der Waals surface area contributed by atoms with E-state index < -0.39 is 11.7 Å². The van der Waals surface area contributed by atoms with Crippen molar-refractivity contribution in [3.63, 3.8) is 0 Å². The maximum absolute atomic E-state index is 12.1. The van der Waals surface area contributed by atoms with Crippen LogP contribution in [0.3, 0.4) is 0 Å². The maximum Gasteiger partial charge on any atom is 0.441 e. The number of rotatable bonds is 2. The van der Waals surface area contributed by atoms with Gasteiger partial charge in [-0.3, -0.25) is 4.89 Å². The van der Waals surface area contributed by atoms with Crippen LogP contribution >= 0.6 is 0 Å². The van der Waals surface area contributed by atoms with Crippen molar-refractivity contribution in [2.75, 3.05) is 7.05 Å². The quantitative estimate of drug-likeness (QED) is 0.626. The topological polar surface area (TPSA) is 50.8 Å². The predicted molar refractivity (Wildman–Crippen MR) is 79.4 cm³/mol. The van der Waals surface area contributed by atoms with Gasteiger partial charge >= 0.3 is 6.09 Å². The molecule has 1 heterocycles. The molecule has 0 aromatic carbocycles. The molecule has 0 unspecified atom stereocenters. The Morgan fingerprint density at radius 2 is 1.60 bits per heavy atom. The molecule has 1 rings (SSSR count). The number of nitrogens with one attached hydrogen (secondary N) is 1. The van der Waals surface area contributed by atoms with Gasteiger partial charge in [0.2, 0.25) is 0 Å². The van der Waals surface area contributed by atoms with E-state index in [0.29, 0.717) is 0 Å². The van der Waals surface area contributed by atoms with Crippen LogP contribution in [0.2, 0.25) is 0 Å². The summed E-state index contributed by atoms with van der Waals surface area (Å²) in [6.07, 6.45) is 1.34. The van der Waals surface area contributed by atoms with Gasteiger partial charge in [0.05, 0.1) is 0 Å². The second kappa shape index (κ2) is 5.53. The average Bonchev–Trinajstić information content (AvgIpc) is 2.19. The van der Waals surface area contributed by atoms with E-state index in [1.165, 1.54) is 0 Å². The number of nitrogens with zero attached hydrogens (tertiary/aromatic N) is 1. The third kappa shape index (κ3) is 5.29. The number of hydrogen-bond acceptors (Lipinski definition) is 4. The first-order valence-electron chi connectivity index (χ1n) is 7.23. The molecule has 1 amide bonds. The van der Waals surface area contributed by atoms with Crippen molar-refractivity contribution in [2.45, 2.75) is 84.0 Å². The van der Waals surface area contributed by atoms with E-state index in [-0.39, 0.29) is 17.1 Å². The molecule has 118 valence electrons. The summed E-state index contributed by atoms with van der Waals surface area (Å²) in [5, 5.41) is 3.60. The molecule has 0 aliphatic carbocycles. The minimum absolute atomic E-state index is 0.00809. The SMILES string of the molecule is CN(C(=O)OOC(C)(C)C)C1CC(C)(C)NC(C)(C)C1. The first-order chi connectivity index (χ1) is 8.81. The van der Waals surface area contributed by atoms with Gasteiger partial charge in [0.1, 0.15) is 5.60 Å². The molecule has 1 saturated heterocycles. The lowest BCUT2D eigenvalue weighted by molar-refractivity contribution is -0.306. The van der Waals surface area contributed by atoms with E-state index in [0.717, 1.165) is 12.8 Å². The van der Waals surface area contributed by atoms with Crippen LogP contribution in [-0.2, 0) is 9.78 Å². The summed E-state index contributed by atoms with van der Waals surface area (Å²) < 4.78 is 0. The summed E-state index contributed by atoms with van der Waals surface area (Å²) in [6.45, 7) is 14.2. The third-order valence-corrected chi connectivity index (χ3v) is 3.37. The van der Waals surface area contributed by atoms with Crippen LogP contribution in [0.4, 0.5) is 4.79 Å². The molecule has 1 N–H and O–H groups in total. The van der Waals surface area contributed by atoms with Gasteiger partial charge in [0.25, 0.3) is 0 Å². The van der Waals surface area contributed by atoms with E-state index in [1.807, 2.05) is 20.8 Å². The highest BCUT2D eigenvalue weighted by Gasteiger charge is 2.40. The Hall–Kier alpha value is -0.810. The summed E-state index contributed by atoms with van der Waals surface area (Å²) in [5.41, 5.74) is -0.513. The number of hydrogen-bond donors (Lipinski definition) is 1. The monoisotopic (exact) mass is 286 g/mol. The molecular weight excluding hydrogens is 256 g/mol. The molecule has 0 radical (unpaired) electrons. The van der Waals surface area contributed by atoms with Gasteiger partial charge in [-0.1, -0.05) is 0 Å². The average molecular weight is 286 g/mol.